The van der Waals surface area contributed by atoms with Crippen molar-refractivity contribution < 1.29 is 4.39 Å². The maximum absolute atomic E-state index is 13.5. The molecule has 5 nitrogen and oxygen atoms in total. The van der Waals surface area contributed by atoms with Crippen LogP contribution >= 0.6 is 11.8 Å². The molecule has 0 radical (unpaired) electrons. The molecule has 0 fully saturated rings. The molecule has 0 amide bonds. The highest BCUT2D eigenvalue weighted by Crippen LogP contribution is 2.25. The Morgan fingerprint density at radius 1 is 1.47 bits per heavy atom. The molecule has 0 spiro atoms. The largest absolute Gasteiger partial charge is 0.354 e. The van der Waals surface area contributed by atoms with Gasteiger partial charge in [0.25, 0.3) is 0 Å². The van der Waals surface area contributed by atoms with Gasteiger partial charge in [0.15, 0.2) is 11.0 Å². The third-order valence-electron chi connectivity index (χ3n) is 1.91. The van der Waals surface area contributed by atoms with E-state index in [1.165, 1.54) is 0 Å². The van der Waals surface area contributed by atoms with Crippen LogP contribution in [-0.2, 0) is 0 Å². The van der Waals surface area contributed by atoms with E-state index < -0.39 is 5.82 Å². The first kappa shape index (κ1) is 11.8. The molecule has 0 aliphatic carbocycles. The predicted octanol–water partition coefficient (Wildman–Crippen LogP) is 2.31. The normalized spacial score (nSPS) is 10.5. The topological polar surface area (TPSA) is 66.5 Å². The van der Waals surface area contributed by atoms with Gasteiger partial charge in [0.05, 0.1) is 6.20 Å². The lowest BCUT2D eigenvalue weighted by atomic mass is 10.5. The lowest BCUT2D eigenvalue weighted by molar-refractivity contribution is 0.579. The zero-order chi connectivity index (χ0) is 12.1. The van der Waals surface area contributed by atoms with E-state index in [1.54, 1.807) is 12.4 Å². The predicted molar refractivity (Wildman–Crippen MR) is 63.5 cm³/mol. The Balaban J connectivity index is 2.14. The molecule has 0 unspecified atom stereocenters. The Bertz CT molecular complexity index is 474. The molecule has 17 heavy (non-hydrogen) atoms. The van der Waals surface area contributed by atoms with Crippen molar-refractivity contribution in [3.63, 3.8) is 0 Å². The Morgan fingerprint density at radius 3 is 3.06 bits per heavy atom. The van der Waals surface area contributed by atoms with Gasteiger partial charge in [0.2, 0.25) is 5.95 Å². The molecule has 90 valence electrons. The summed E-state index contributed by atoms with van der Waals surface area (Å²) in [5.41, 5.74) is 0. The van der Waals surface area contributed by atoms with Crippen LogP contribution in [0.2, 0.25) is 0 Å². The number of rotatable bonds is 5. The van der Waals surface area contributed by atoms with Crippen molar-refractivity contribution >= 4 is 17.7 Å². The molecule has 0 aliphatic heterocycles. The minimum Gasteiger partial charge on any atom is -0.354 e. The minimum atomic E-state index is -0.451. The van der Waals surface area contributed by atoms with Crippen molar-refractivity contribution in [2.75, 3.05) is 11.9 Å². The van der Waals surface area contributed by atoms with E-state index in [2.05, 4.69) is 25.3 Å². The quantitative estimate of drug-likeness (QED) is 0.800. The van der Waals surface area contributed by atoms with E-state index in [1.807, 2.05) is 6.92 Å². The molecular weight excluding hydrogens is 241 g/mol. The molecule has 0 saturated heterocycles. The molecule has 2 aromatic rings. The van der Waals surface area contributed by atoms with Crippen molar-refractivity contribution in [3.05, 3.63) is 24.4 Å². The molecule has 0 aliphatic rings. The van der Waals surface area contributed by atoms with Gasteiger partial charge < -0.3 is 10.3 Å². The third kappa shape index (κ3) is 3.16. The van der Waals surface area contributed by atoms with E-state index in [-0.39, 0.29) is 5.03 Å². The number of halogens is 1. The van der Waals surface area contributed by atoms with Crippen LogP contribution in [0.3, 0.4) is 0 Å². The number of imidazole rings is 1. The van der Waals surface area contributed by atoms with Crippen LogP contribution in [0.4, 0.5) is 10.3 Å². The van der Waals surface area contributed by atoms with Crippen molar-refractivity contribution in [1.82, 2.24) is 19.9 Å². The first-order chi connectivity index (χ1) is 8.29. The molecule has 0 aromatic carbocycles. The van der Waals surface area contributed by atoms with Gasteiger partial charge in [0.1, 0.15) is 5.03 Å². The zero-order valence-corrected chi connectivity index (χ0v) is 10.1. The zero-order valence-electron chi connectivity index (χ0n) is 9.27. The van der Waals surface area contributed by atoms with Crippen LogP contribution in [0.5, 0.6) is 0 Å². The fourth-order valence-corrected chi connectivity index (χ4v) is 1.85. The fraction of sp³-hybridized carbons (Fsp3) is 0.300. The van der Waals surface area contributed by atoms with E-state index in [0.29, 0.717) is 11.1 Å². The summed E-state index contributed by atoms with van der Waals surface area (Å²) in [7, 11) is 0. The van der Waals surface area contributed by atoms with Gasteiger partial charge in [0, 0.05) is 18.9 Å². The van der Waals surface area contributed by atoms with Gasteiger partial charge in [-0.05, 0) is 18.2 Å². The van der Waals surface area contributed by atoms with Crippen LogP contribution in [-0.4, -0.2) is 26.5 Å². The average molecular weight is 253 g/mol. The third-order valence-corrected chi connectivity index (χ3v) is 2.81. The summed E-state index contributed by atoms with van der Waals surface area (Å²) in [5.74, 6) is -0.0178. The number of nitrogens with zero attached hydrogens (tertiary/aromatic N) is 3. The molecule has 2 N–H and O–H groups in total. The second-order valence-electron chi connectivity index (χ2n) is 3.27. The molecule has 0 bridgehead atoms. The van der Waals surface area contributed by atoms with Crippen molar-refractivity contribution in [2.24, 2.45) is 0 Å². The van der Waals surface area contributed by atoms with Gasteiger partial charge in [-0.1, -0.05) is 6.92 Å². The van der Waals surface area contributed by atoms with Crippen molar-refractivity contribution in [3.8, 4) is 0 Å². The Hall–Kier alpha value is -1.63. The Morgan fingerprint density at radius 2 is 2.35 bits per heavy atom. The van der Waals surface area contributed by atoms with Gasteiger partial charge in [-0.3, -0.25) is 0 Å². The molecule has 0 atom stereocenters. The van der Waals surface area contributed by atoms with Crippen molar-refractivity contribution in [1.29, 1.82) is 0 Å². The smallest absolute Gasteiger partial charge is 0.223 e. The van der Waals surface area contributed by atoms with E-state index in [9.17, 15) is 4.39 Å². The second-order valence-corrected chi connectivity index (χ2v) is 4.25. The van der Waals surface area contributed by atoms with Crippen LogP contribution in [0.15, 0.2) is 28.8 Å². The molecule has 7 heteroatoms. The number of aromatic amines is 1. The summed E-state index contributed by atoms with van der Waals surface area (Å²) in [6.07, 6.45) is 5.41. The van der Waals surface area contributed by atoms with Gasteiger partial charge >= 0.3 is 0 Å². The summed E-state index contributed by atoms with van der Waals surface area (Å²) in [4.78, 5) is 14.8. The monoisotopic (exact) mass is 253 g/mol. The SMILES string of the molecule is CCCNc1ncc(F)c(Sc2ncc[nH]2)n1. The maximum Gasteiger partial charge on any atom is 0.223 e. The first-order valence-corrected chi connectivity index (χ1v) is 6.05. The lowest BCUT2D eigenvalue weighted by Gasteiger charge is -2.04. The van der Waals surface area contributed by atoms with Crippen LogP contribution in [0, 0.1) is 5.82 Å². The fourth-order valence-electron chi connectivity index (χ4n) is 1.14. The van der Waals surface area contributed by atoms with Crippen LogP contribution in [0.1, 0.15) is 13.3 Å². The van der Waals surface area contributed by atoms with E-state index in [4.69, 9.17) is 0 Å². The first-order valence-electron chi connectivity index (χ1n) is 5.23. The standard InChI is InChI=1S/C10H12FN5S/c1-2-3-12-9-15-6-7(11)8(16-9)17-10-13-4-5-14-10/h4-6H,2-3H2,1H3,(H,13,14)(H,12,15,16). The summed E-state index contributed by atoms with van der Waals surface area (Å²) < 4.78 is 13.5. The van der Waals surface area contributed by atoms with Crippen LogP contribution in [0.25, 0.3) is 0 Å². The highest BCUT2D eigenvalue weighted by atomic mass is 32.2. The number of hydrogen-bond donors (Lipinski definition) is 2. The average Bonchev–Trinajstić information content (AvgIpc) is 2.83. The molecule has 0 saturated carbocycles. The van der Waals surface area contributed by atoms with Gasteiger partial charge in [-0.25, -0.2) is 19.3 Å². The summed E-state index contributed by atoms with van der Waals surface area (Å²) in [6, 6.07) is 0. The van der Waals surface area contributed by atoms with Crippen molar-refractivity contribution in [2.45, 2.75) is 23.5 Å². The lowest BCUT2D eigenvalue weighted by Crippen LogP contribution is -2.05. The number of H-pyrrole nitrogens is 1. The summed E-state index contributed by atoms with van der Waals surface area (Å²) in [5, 5.41) is 3.87. The number of anilines is 1. The van der Waals surface area contributed by atoms with Gasteiger partial charge in [-0.2, -0.15) is 0 Å². The Labute approximate surface area is 102 Å². The number of nitrogens with one attached hydrogen (secondary N) is 2. The number of aromatic nitrogens is 4. The molecule has 2 aromatic heterocycles. The number of hydrogen-bond acceptors (Lipinski definition) is 5. The highest BCUT2D eigenvalue weighted by molar-refractivity contribution is 7.99. The van der Waals surface area contributed by atoms with Gasteiger partial charge in [-0.15, -0.1) is 0 Å². The summed E-state index contributed by atoms with van der Waals surface area (Å²) in [6.45, 7) is 2.80. The Kier molecular flexibility index (Phi) is 3.92. The molecule has 2 rings (SSSR count). The second kappa shape index (κ2) is 5.62. The van der Waals surface area contributed by atoms with E-state index >= 15 is 0 Å². The molecule has 2 heterocycles. The highest BCUT2D eigenvalue weighted by Gasteiger charge is 2.09. The molecular formula is C10H12FN5S. The summed E-state index contributed by atoms with van der Waals surface area (Å²) >= 11 is 1.14. The minimum absolute atomic E-state index is 0.258. The maximum atomic E-state index is 13.5. The van der Waals surface area contributed by atoms with Crippen LogP contribution < -0.4 is 5.32 Å². The van der Waals surface area contributed by atoms with E-state index in [0.717, 1.165) is 30.9 Å².